The zero-order valence-electron chi connectivity index (χ0n) is 10.7. The Labute approximate surface area is 116 Å². The second kappa shape index (κ2) is 4.30. The van der Waals surface area contributed by atoms with Crippen molar-refractivity contribution in [3.63, 3.8) is 0 Å². The molecule has 5 heteroatoms. The fraction of sp³-hybridized carbons (Fsp3) is 0.500. The molecule has 1 fully saturated rings. The Morgan fingerprint density at radius 3 is 2.63 bits per heavy atom. The fourth-order valence-electron chi connectivity index (χ4n) is 2.95. The van der Waals surface area contributed by atoms with Gasteiger partial charge in [-0.15, -0.1) is 0 Å². The van der Waals surface area contributed by atoms with E-state index >= 15 is 0 Å². The molecule has 1 N–H and O–H groups in total. The van der Waals surface area contributed by atoms with Crippen molar-refractivity contribution in [3.8, 4) is 11.5 Å². The molecule has 0 radical (unpaired) electrons. The molecule has 1 aromatic rings. The smallest absolute Gasteiger partial charge is 0.314 e. The van der Waals surface area contributed by atoms with E-state index in [2.05, 4.69) is 0 Å². The van der Waals surface area contributed by atoms with Gasteiger partial charge in [0.1, 0.15) is 13.2 Å². The molecular formula is C14H15ClO4. The van der Waals surface area contributed by atoms with E-state index in [0.717, 1.165) is 12.0 Å². The summed E-state index contributed by atoms with van der Waals surface area (Å²) < 4.78 is 11.1. The number of benzene rings is 1. The van der Waals surface area contributed by atoms with Crippen LogP contribution in [0.25, 0.3) is 0 Å². The summed E-state index contributed by atoms with van der Waals surface area (Å²) in [4.78, 5) is 11.6. The number of hydrogen-bond acceptors (Lipinski definition) is 3. The lowest BCUT2D eigenvalue weighted by Gasteiger charge is -2.40. The van der Waals surface area contributed by atoms with Crippen LogP contribution in [-0.2, 0) is 10.2 Å². The van der Waals surface area contributed by atoms with Gasteiger partial charge in [0.15, 0.2) is 11.5 Å². The monoisotopic (exact) mass is 282 g/mol. The van der Waals surface area contributed by atoms with Gasteiger partial charge in [-0.3, -0.25) is 4.79 Å². The predicted molar refractivity (Wildman–Crippen MR) is 70.3 cm³/mol. The van der Waals surface area contributed by atoms with Gasteiger partial charge in [0.25, 0.3) is 0 Å². The highest BCUT2D eigenvalue weighted by molar-refractivity contribution is 6.33. The first-order chi connectivity index (χ1) is 9.06. The highest BCUT2D eigenvalue weighted by atomic mass is 35.5. The summed E-state index contributed by atoms with van der Waals surface area (Å²) in [6.07, 6.45) is 2.17. The Bertz CT molecular complexity index is 549. The van der Waals surface area contributed by atoms with E-state index < -0.39 is 11.4 Å². The summed E-state index contributed by atoms with van der Waals surface area (Å²) in [5, 5.41) is 9.96. The van der Waals surface area contributed by atoms with Gasteiger partial charge in [0.05, 0.1) is 10.4 Å². The third-order valence-electron chi connectivity index (χ3n) is 4.07. The fourth-order valence-corrected chi connectivity index (χ4v) is 3.43. The number of carboxylic acid groups (broad SMARTS) is 1. The van der Waals surface area contributed by atoms with Gasteiger partial charge in [-0.25, -0.2) is 0 Å². The van der Waals surface area contributed by atoms with Gasteiger partial charge in [-0.05, 0) is 37.0 Å². The van der Waals surface area contributed by atoms with Gasteiger partial charge in [0, 0.05) is 0 Å². The van der Waals surface area contributed by atoms with Crippen LogP contribution in [0.1, 0.15) is 30.4 Å². The molecule has 0 amide bonds. The molecule has 0 atom stereocenters. The van der Waals surface area contributed by atoms with Crippen LogP contribution in [0.5, 0.6) is 11.5 Å². The summed E-state index contributed by atoms with van der Waals surface area (Å²) in [6, 6.07) is 1.83. The lowest BCUT2D eigenvalue weighted by atomic mass is 9.63. The molecule has 2 aliphatic rings. The molecule has 102 valence electrons. The molecule has 1 aromatic carbocycles. The number of aliphatic carboxylic acids is 1. The Balaban J connectivity index is 2.19. The maximum absolute atomic E-state index is 11.6. The topological polar surface area (TPSA) is 55.8 Å². The number of halogens is 1. The van der Waals surface area contributed by atoms with Crippen LogP contribution < -0.4 is 9.47 Å². The zero-order valence-corrected chi connectivity index (χ0v) is 11.4. The summed E-state index contributed by atoms with van der Waals surface area (Å²) in [5.74, 6) is 0.291. The number of hydrogen-bond donors (Lipinski definition) is 1. The average Bonchev–Trinajstić information content (AvgIpc) is 2.31. The lowest BCUT2D eigenvalue weighted by molar-refractivity contribution is -0.147. The van der Waals surface area contributed by atoms with Crippen LogP contribution in [0.4, 0.5) is 0 Å². The first kappa shape index (κ1) is 12.6. The minimum Gasteiger partial charge on any atom is -0.486 e. The standard InChI is InChI=1S/C14H15ClO4/c1-8-7-9-12(19-6-5-18-9)11(15)10(8)14(13(16)17)3-2-4-14/h7H,2-6H2,1H3,(H,16,17). The molecule has 1 heterocycles. The van der Waals surface area contributed by atoms with Crippen LogP contribution in [0.3, 0.4) is 0 Å². The number of fused-ring (bicyclic) bond motifs is 1. The third-order valence-corrected chi connectivity index (χ3v) is 4.43. The van der Waals surface area contributed by atoms with Crippen LogP contribution in [0.2, 0.25) is 5.02 Å². The summed E-state index contributed by atoms with van der Waals surface area (Å²) in [6.45, 7) is 2.81. The van der Waals surface area contributed by atoms with Crippen LogP contribution in [0, 0.1) is 6.92 Å². The normalized spacial score (nSPS) is 19.7. The zero-order chi connectivity index (χ0) is 13.6. The minimum absolute atomic E-state index is 0.400. The van der Waals surface area contributed by atoms with Crippen molar-refractivity contribution in [2.24, 2.45) is 0 Å². The number of carboxylic acids is 1. The van der Waals surface area contributed by atoms with Crippen LogP contribution >= 0.6 is 11.6 Å². The highest BCUT2D eigenvalue weighted by Crippen LogP contribution is 2.52. The van der Waals surface area contributed by atoms with Crippen molar-refractivity contribution in [2.45, 2.75) is 31.6 Å². The van der Waals surface area contributed by atoms with Crippen molar-refractivity contribution in [2.75, 3.05) is 13.2 Å². The number of ether oxygens (including phenoxy) is 2. The molecule has 0 spiro atoms. The van der Waals surface area contributed by atoms with E-state index in [9.17, 15) is 9.90 Å². The first-order valence-corrected chi connectivity index (χ1v) is 6.76. The number of carbonyl (C=O) groups is 1. The number of rotatable bonds is 2. The van der Waals surface area contributed by atoms with Crippen molar-refractivity contribution in [3.05, 3.63) is 22.2 Å². The Morgan fingerprint density at radius 2 is 2.05 bits per heavy atom. The van der Waals surface area contributed by atoms with Gasteiger partial charge >= 0.3 is 5.97 Å². The molecule has 19 heavy (non-hydrogen) atoms. The highest BCUT2D eigenvalue weighted by Gasteiger charge is 2.49. The Hall–Kier alpha value is -1.42. The number of aryl methyl sites for hydroxylation is 1. The van der Waals surface area contributed by atoms with E-state index in [1.807, 2.05) is 13.0 Å². The molecule has 1 aliphatic carbocycles. The largest absolute Gasteiger partial charge is 0.486 e. The molecule has 1 aliphatic heterocycles. The average molecular weight is 283 g/mol. The maximum Gasteiger partial charge on any atom is 0.314 e. The molecule has 1 saturated carbocycles. The molecular weight excluding hydrogens is 268 g/mol. The summed E-state index contributed by atoms with van der Waals surface area (Å²) in [7, 11) is 0. The van der Waals surface area contributed by atoms with Crippen molar-refractivity contribution >= 4 is 17.6 Å². The maximum atomic E-state index is 11.6. The first-order valence-electron chi connectivity index (χ1n) is 6.39. The predicted octanol–water partition coefficient (Wildman–Crippen LogP) is 2.93. The lowest BCUT2D eigenvalue weighted by Crippen LogP contribution is -2.43. The summed E-state index contributed by atoms with van der Waals surface area (Å²) >= 11 is 6.40. The van der Waals surface area contributed by atoms with Gasteiger partial charge in [-0.2, -0.15) is 0 Å². The Morgan fingerprint density at radius 1 is 1.37 bits per heavy atom. The van der Waals surface area contributed by atoms with Crippen LogP contribution in [-0.4, -0.2) is 24.3 Å². The quantitative estimate of drug-likeness (QED) is 0.906. The molecule has 3 rings (SSSR count). The van der Waals surface area contributed by atoms with Gasteiger partial charge in [0.2, 0.25) is 0 Å². The van der Waals surface area contributed by atoms with Crippen molar-refractivity contribution < 1.29 is 19.4 Å². The molecule has 0 saturated heterocycles. The van der Waals surface area contributed by atoms with Crippen LogP contribution in [0.15, 0.2) is 6.07 Å². The molecule has 0 bridgehead atoms. The van der Waals surface area contributed by atoms with Gasteiger partial charge in [-0.1, -0.05) is 18.0 Å². The summed E-state index contributed by atoms with van der Waals surface area (Å²) in [5.41, 5.74) is 0.699. The van der Waals surface area contributed by atoms with E-state index in [-0.39, 0.29) is 0 Å². The van der Waals surface area contributed by atoms with E-state index in [4.69, 9.17) is 21.1 Å². The Kier molecular flexibility index (Phi) is 2.86. The molecule has 0 aromatic heterocycles. The molecule has 0 unspecified atom stereocenters. The van der Waals surface area contributed by atoms with Gasteiger partial charge < -0.3 is 14.6 Å². The van der Waals surface area contributed by atoms with Crippen molar-refractivity contribution in [1.29, 1.82) is 0 Å². The second-order valence-corrected chi connectivity index (χ2v) is 5.53. The van der Waals surface area contributed by atoms with E-state index in [0.29, 0.717) is 48.1 Å². The second-order valence-electron chi connectivity index (χ2n) is 5.15. The minimum atomic E-state index is -0.850. The molecule has 4 nitrogen and oxygen atoms in total. The van der Waals surface area contributed by atoms with E-state index in [1.54, 1.807) is 0 Å². The third kappa shape index (κ3) is 1.70. The van der Waals surface area contributed by atoms with Crippen molar-refractivity contribution in [1.82, 2.24) is 0 Å². The SMILES string of the molecule is Cc1cc2c(c(Cl)c1C1(C(=O)O)CCC1)OCCO2. The van der Waals surface area contributed by atoms with E-state index in [1.165, 1.54) is 0 Å².